The van der Waals surface area contributed by atoms with Crippen molar-refractivity contribution in [3.63, 3.8) is 0 Å². The predicted molar refractivity (Wildman–Crippen MR) is 104 cm³/mol. The van der Waals surface area contributed by atoms with Gasteiger partial charge in [0.15, 0.2) is 6.10 Å². The lowest BCUT2D eigenvalue weighted by atomic mass is 9.99. The van der Waals surface area contributed by atoms with Crippen LogP contribution in [-0.2, 0) is 9.47 Å². The van der Waals surface area contributed by atoms with Crippen molar-refractivity contribution in [3.8, 4) is 11.5 Å². The molecule has 1 fully saturated rings. The molecule has 1 heterocycles. The summed E-state index contributed by atoms with van der Waals surface area (Å²) in [5.74, 6) is 0.834. The molecule has 0 aliphatic carbocycles. The normalized spacial score (nSPS) is 27.1. The highest BCUT2D eigenvalue weighted by atomic mass is 35.5. The first kappa shape index (κ1) is 20.8. The number of aliphatic hydroxyl groups excluding tert-OH is 3. The second kappa shape index (κ2) is 9.51. The Bertz CT molecular complexity index is 774. The van der Waals surface area contributed by atoms with E-state index in [1.54, 1.807) is 48.5 Å². The van der Waals surface area contributed by atoms with Crippen LogP contribution in [0.2, 0.25) is 5.02 Å². The third-order valence-electron chi connectivity index (χ3n) is 4.07. The van der Waals surface area contributed by atoms with Crippen molar-refractivity contribution in [2.45, 2.75) is 30.7 Å². The SMILES string of the molecule is OC[C@H]1O[C@H](Oc2ccccc2)[C@H](OC(=S)Oc2ccc(Cl)cc2)[C@@H](O)[C@@H]1O. The molecule has 1 aliphatic heterocycles. The number of hydrogen-bond acceptors (Lipinski definition) is 8. The van der Waals surface area contributed by atoms with Gasteiger partial charge in [-0.3, -0.25) is 0 Å². The maximum Gasteiger partial charge on any atom is 0.358 e. The fraction of sp³-hybridized carbons (Fsp3) is 0.316. The zero-order chi connectivity index (χ0) is 20.1. The highest BCUT2D eigenvalue weighted by Crippen LogP contribution is 2.27. The van der Waals surface area contributed by atoms with Crippen LogP contribution in [0, 0.1) is 0 Å². The van der Waals surface area contributed by atoms with Gasteiger partial charge in [0, 0.05) is 17.2 Å². The number of thiocarbonyl (C=S) groups is 1. The van der Waals surface area contributed by atoms with Crippen molar-refractivity contribution in [2.24, 2.45) is 0 Å². The third kappa shape index (κ3) is 5.11. The first-order valence-electron chi connectivity index (χ1n) is 8.46. The maximum absolute atomic E-state index is 10.5. The van der Waals surface area contributed by atoms with Gasteiger partial charge < -0.3 is 34.3 Å². The Balaban J connectivity index is 1.73. The summed E-state index contributed by atoms with van der Waals surface area (Å²) in [7, 11) is 0. The van der Waals surface area contributed by atoms with Crippen LogP contribution in [-0.4, -0.2) is 57.9 Å². The van der Waals surface area contributed by atoms with Crippen LogP contribution in [0.15, 0.2) is 54.6 Å². The molecule has 0 radical (unpaired) electrons. The molecule has 3 N–H and O–H groups in total. The molecule has 0 saturated carbocycles. The largest absolute Gasteiger partial charge is 0.461 e. The van der Waals surface area contributed by atoms with Crippen molar-refractivity contribution < 1.29 is 34.3 Å². The van der Waals surface area contributed by atoms with Crippen LogP contribution in [0.3, 0.4) is 0 Å². The fourth-order valence-electron chi connectivity index (χ4n) is 2.64. The van der Waals surface area contributed by atoms with E-state index >= 15 is 0 Å². The molecule has 0 unspecified atom stereocenters. The molecule has 2 aromatic rings. The van der Waals surface area contributed by atoms with Crippen LogP contribution in [0.25, 0.3) is 0 Å². The fourth-order valence-corrected chi connectivity index (χ4v) is 2.98. The Morgan fingerprint density at radius 3 is 2.32 bits per heavy atom. The van der Waals surface area contributed by atoms with Crippen LogP contribution >= 0.6 is 23.8 Å². The minimum Gasteiger partial charge on any atom is -0.461 e. The van der Waals surface area contributed by atoms with E-state index in [1.165, 1.54) is 0 Å². The maximum atomic E-state index is 10.5. The minimum atomic E-state index is -1.44. The van der Waals surface area contributed by atoms with Crippen molar-refractivity contribution in [1.82, 2.24) is 0 Å². The van der Waals surface area contributed by atoms with Gasteiger partial charge in [0.25, 0.3) is 0 Å². The molecule has 5 atom stereocenters. The Hall–Kier alpha value is -1.94. The number of para-hydroxylation sites is 1. The average Bonchev–Trinajstić information content (AvgIpc) is 2.70. The van der Waals surface area contributed by atoms with Gasteiger partial charge in [-0.2, -0.15) is 0 Å². The van der Waals surface area contributed by atoms with Gasteiger partial charge in [-0.1, -0.05) is 29.8 Å². The van der Waals surface area contributed by atoms with Crippen LogP contribution in [0.1, 0.15) is 0 Å². The molecular weight excluding hydrogens is 408 g/mol. The number of hydrogen-bond donors (Lipinski definition) is 3. The van der Waals surface area contributed by atoms with Gasteiger partial charge in [0.2, 0.25) is 6.29 Å². The van der Waals surface area contributed by atoms with Gasteiger partial charge in [0.1, 0.15) is 29.8 Å². The van der Waals surface area contributed by atoms with E-state index in [0.29, 0.717) is 16.5 Å². The molecular formula is C19H19ClO7S. The van der Waals surface area contributed by atoms with Crippen molar-refractivity contribution in [3.05, 3.63) is 59.6 Å². The summed E-state index contributed by atoms with van der Waals surface area (Å²) in [6.07, 6.45) is -6.23. The molecule has 0 aromatic heterocycles. The van der Waals surface area contributed by atoms with Gasteiger partial charge in [-0.25, -0.2) is 0 Å². The van der Waals surface area contributed by atoms with E-state index in [1.807, 2.05) is 6.07 Å². The first-order chi connectivity index (χ1) is 13.5. The predicted octanol–water partition coefficient (Wildman–Crippen LogP) is 1.91. The summed E-state index contributed by atoms with van der Waals surface area (Å²) in [6, 6.07) is 15.1. The number of rotatable bonds is 5. The van der Waals surface area contributed by atoms with Crippen LogP contribution in [0.5, 0.6) is 11.5 Å². The van der Waals surface area contributed by atoms with E-state index in [9.17, 15) is 15.3 Å². The monoisotopic (exact) mass is 426 g/mol. The number of aliphatic hydroxyl groups is 3. The second-order valence-electron chi connectivity index (χ2n) is 6.03. The summed E-state index contributed by atoms with van der Waals surface area (Å²) < 4.78 is 22.2. The lowest BCUT2D eigenvalue weighted by Crippen LogP contribution is -2.61. The molecule has 0 amide bonds. The molecule has 3 rings (SSSR count). The lowest BCUT2D eigenvalue weighted by Gasteiger charge is -2.41. The Morgan fingerprint density at radius 2 is 1.68 bits per heavy atom. The van der Waals surface area contributed by atoms with Crippen molar-refractivity contribution in [2.75, 3.05) is 6.61 Å². The summed E-state index contributed by atoms with van der Waals surface area (Å²) in [5, 5.41) is 30.2. The Kier molecular flexibility index (Phi) is 7.06. The summed E-state index contributed by atoms with van der Waals surface area (Å²) in [5.41, 5.74) is 0. The van der Waals surface area contributed by atoms with Crippen molar-refractivity contribution >= 4 is 29.1 Å². The molecule has 7 nitrogen and oxygen atoms in total. The summed E-state index contributed by atoms with van der Waals surface area (Å²) in [6.45, 7) is -0.509. The number of benzene rings is 2. The van der Waals surface area contributed by atoms with Gasteiger partial charge in [-0.05, 0) is 36.4 Å². The Labute approximate surface area is 172 Å². The highest BCUT2D eigenvalue weighted by molar-refractivity contribution is 7.79. The summed E-state index contributed by atoms with van der Waals surface area (Å²) in [4.78, 5) is 0. The molecule has 28 heavy (non-hydrogen) atoms. The molecule has 150 valence electrons. The topological polar surface area (TPSA) is 97.6 Å². The smallest absolute Gasteiger partial charge is 0.358 e. The molecule has 9 heteroatoms. The summed E-state index contributed by atoms with van der Waals surface area (Å²) >= 11 is 10.9. The van der Waals surface area contributed by atoms with E-state index in [-0.39, 0.29) is 5.24 Å². The van der Waals surface area contributed by atoms with Crippen LogP contribution < -0.4 is 9.47 Å². The molecule has 1 aliphatic rings. The van der Waals surface area contributed by atoms with E-state index < -0.39 is 37.3 Å². The van der Waals surface area contributed by atoms with E-state index in [0.717, 1.165) is 0 Å². The average molecular weight is 427 g/mol. The highest BCUT2D eigenvalue weighted by Gasteiger charge is 2.47. The lowest BCUT2D eigenvalue weighted by molar-refractivity contribution is -0.275. The van der Waals surface area contributed by atoms with E-state index in [4.69, 9.17) is 42.8 Å². The van der Waals surface area contributed by atoms with Gasteiger partial charge >= 0.3 is 5.24 Å². The number of halogens is 1. The zero-order valence-corrected chi connectivity index (χ0v) is 16.1. The molecule has 0 bridgehead atoms. The molecule has 1 saturated heterocycles. The minimum absolute atomic E-state index is 0.300. The second-order valence-corrected chi connectivity index (χ2v) is 6.80. The van der Waals surface area contributed by atoms with Crippen LogP contribution in [0.4, 0.5) is 0 Å². The Morgan fingerprint density at radius 1 is 1.00 bits per heavy atom. The standard InChI is InChI=1S/C19H19ClO7S/c20-11-6-8-13(9-7-11)25-19(28)27-17-16(23)15(22)14(10-21)26-18(17)24-12-4-2-1-3-5-12/h1-9,14-18,21-23H,10H2/t14-,15-,16+,17-,18+/m1/s1. The van der Waals surface area contributed by atoms with Crippen molar-refractivity contribution in [1.29, 1.82) is 0 Å². The van der Waals surface area contributed by atoms with Gasteiger partial charge in [0.05, 0.1) is 6.61 Å². The third-order valence-corrected chi connectivity index (χ3v) is 4.50. The van der Waals surface area contributed by atoms with E-state index in [2.05, 4.69) is 0 Å². The quantitative estimate of drug-likeness (QED) is 0.624. The zero-order valence-electron chi connectivity index (χ0n) is 14.6. The number of ether oxygens (including phenoxy) is 4. The van der Waals surface area contributed by atoms with Gasteiger partial charge in [-0.15, -0.1) is 0 Å². The molecule has 0 spiro atoms. The molecule has 2 aromatic carbocycles. The first-order valence-corrected chi connectivity index (χ1v) is 9.24.